The van der Waals surface area contributed by atoms with Gasteiger partial charge in [0, 0.05) is 5.22 Å². The van der Waals surface area contributed by atoms with E-state index in [0.29, 0.717) is 10.6 Å². The molecule has 2 N–H and O–H groups in total. The molecule has 0 unspecified atom stereocenters. The van der Waals surface area contributed by atoms with E-state index in [1.807, 2.05) is 0 Å². The van der Waals surface area contributed by atoms with E-state index < -0.39 is 7.12 Å². The van der Waals surface area contributed by atoms with E-state index >= 15 is 0 Å². The van der Waals surface area contributed by atoms with Gasteiger partial charge in [0.2, 0.25) is 0 Å². The third-order valence-corrected chi connectivity index (χ3v) is 1.57. The van der Waals surface area contributed by atoms with Crippen molar-refractivity contribution in [2.45, 2.75) is 6.92 Å². The molecule has 1 aromatic rings. The molecule has 0 aliphatic carbocycles. The molecule has 0 aromatic carbocycles. The van der Waals surface area contributed by atoms with Gasteiger partial charge in [0.15, 0.2) is 0 Å². The Balaban J connectivity index is 3.40. The Hall–Kier alpha value is -1.44. The maximum Gasteiger partial charge on any atom is 0.526 e. The molecule has 0 saturated carbocycles. The van der Waals surface area contributed by atoms with Crippen molar-refractivity contribution in [1.29, 1.82) is 0 Å². The van der Waals surface area contributed by atoms with Crippen molar-refractivity contribution in [3.8, 4) is 12.3 Å². The predicted molar refractivity (Wildman–Crippen MR) is 51.2 cm³/mol. The summed E-state index contributed by atoms with van der Waals surface area (Å²) in [6.07, 6.45) is 8.29. The fraction of sp³-hybridized carbons (Fsp3) is 0.111. The Labute approximate surface area is 76.2 Å². The normalized spacial score (nSPS) is 13.1. The molecule has 0 radical (unpaired) electrons. The van der Waals surface area contributed by atoms with Gasteiger partial charge in [-0.1, -0.05) is 5.92 Å². The second-order valence-electron chi connectivity index (χ2n) is 2.44. The molecule has 1 aromatic heterocycles. The summed E-state index contributed by atoms with van der Waals surface area (Å²) in [6, 6.07) is 1.50. The Bertz CT molecular complexity index is 436. The third-order valence-electron chi connectivity index (χ3n) is 1.57. The first-order valence-electron chi connectivity index (χ1n) is 3.77. The highest BCUT2D eigenvalue weighted by atomic mass is 16.4. The van der Waals surface area contributed by atoms with Gasteiger partial charge in [-0.15, -0.1) is 6.42 Å². The van der Waals surface area contributed by atoms with Crippen molar-refractivity contribution >= 4 is 24.9 Å². The zero-order valence-corrected chi connectivity index (χ0v) is 7.19. The molecule has 3 nitrogen and oxygen atoms in total. The molecule has 0 fully saturated rings. The SMILES string of the molecule is C#C/C=c1/cc(B(O)O)o/c1=C/C. The third kappa shape index (κ3) is 2.02. The van der Waals surface area contributed by atoms with Gasteiger partial charge in [-0.3, -0.25) is 0 Å². The minimum absolute atomic E-state index is 0.0922. The van der Waals surface area contributed by atoms with E-state index in [9.17, 15) is 0 Å². The lowest BCUT2D eigenvalue weighted by atomic mass is 9.88. The van der Waals surface area contributed by atoms with Crippen molar-refractivity contribution < 1.29 is 14.5 Å². The highest BCUT2D eigenvalue weighted by Gasteiger charge is 2.15. The van der Waals surface area contributed by atoms with Gasteiger partial charge in [0.05, 0.1) is 0 Å². The van der Waals surface area contributed by atoms with Crippen molar-refractivity contribution in [2.75, 3.05) is 0 Å². The predicted octanol–water partition coefficient (Wildman–Crippen LogP) is -1.83. The van der Waals surface area contributed by atoms with Crippen LogP contribution in [0.3, 0.4) is 0 Å². The molecule has 0 aliphatic heterocycles. The van der Waals surface area contributed by atoms with E-state index in [1.165, 1.54) is 12.1 Å². The first-order chi connectivity index (χ1) is 6.19. The van der Waals surface area contributed by atoms with Crippen LogP contribution in [0.15, 0.2) is 10.5 Å². The number of hydrogen-bond acceptors (Lipinski definition) is 3. The van der Waals surface area contributed by atoms with Gasteiger partial charge < -0.3 is 14.5 Å². The van der Waals surface area contributed by atoms with E-state index in [2.05, 4.69) is 5.92 Å². The first-order valence-corrected chi connectivity index (χ1v) is 3.77. The van der Waals surface area contributed by atoms with Gasteiger partial charge in [-0.05, 0) is 25.1 Å². The number of terminal acetylenes is 1. The van der Waals surface area contributed by atoms with Crippen LogP contribution in [0.2, 0.25) is 0 Å². The van der Waals surface area contributed by atoms with Crippen LogP contribution in [-0.2, 0) is 0 Å². The molecular weight excluding hydrogens is 167 g/mol. The smallest absolute Gasteiger partial charge is 0.465 e. The highest BCUT2D eigenvalue weighted by molar-refractivity contribution is 6.56. The maximum atomic E-state index is 8.81. The summed E-state index contributed by atoms with van der Waals surface area (Å²) in [5, 5.41) is 18.3. The van der Waals surface area contributed by atoms with Crippen LogP contribution in [0.4, 0.5) is 0 Å². The van der Waals surface area contributed by atoms with Crippen LogP contribution in [0, 0.1) is 12.3 Å². The average molecular weight is 176 g/mol. The Morgan fingerprint density at radius 1 is 1.62 bits per heavy atom. The highest BCUT2D eigenvalue weighted by Crippen LogP contribution is 1.73. The topological polar surface area (TPSA) is 53.6 Å². The largest absolute Gasteiger partial charge is 0.526 e. The van der Waals surface area contributed by atoms with Crippen LogP contribution >= 0.6 is 0 Å². The van der Waals surface area contributed by atoms with Gasteiger partial charge >= 0.3 is 7.12 Å². The van der Waals surface area contributed by atoms with Gasteiger partial charge in [0.25, 0.3) is 0 Å². The standard InChI is InChI=1S/C9H9BO3/c1-3-5-7-6-9(10(11)12)13-8(7)4-2/h1,4-6,11-12H,2H3/b7-5-,8-4+. The molecule has 0 atom stereocenters. The second kappa shape index (κ2) is 3.99. The van der Waals surface area contributed by atoms with Gasteiger partial charge in [0.1, 0.15) is 11.1 Å². The summed E-state index contributed by atoms with van der Waals surface area (Å²) in [6.45, 7) is 1.78. The first kappa shape index (κ1) is 9.65. The monoisotopic (exact) mass is 176 g/mol. The lowest BCUT2D eigenvalue weighted by Crippen LogP contribution is -2.28. The van der Waals surface area contributed by atoms with Crippen molar-refractivity contribution in [3.63, 3.8) is 0 Å². The maximum absolute atomic E-state index is 8.81. The average Bonchev–Trinajstić information content (AvgIpc) is 2.48. The minimum atomic E-state index is -1.60. The van der Waals surface area contributed by atoms with Crippen LogP contribution in [0.1, 0.15) is 6.92 Å². The Morgan fingerprint density at radius 3 is 2.77 bits per heavy atom. The molecule has 0 bridgehead atoms. The lowest BCUT2D eigenvalue weighted by Gasteiger charge is -1.87. The van der Waals surface area contributed by atoms with Crippen LogP contribution in [0.25, 0.3) is 12.2 Å². The van der Waals surface area contributed by atoms with Crippen molar-refractivity contribution in [1.82, 2.24) is 0 Å². The zero-order chi connectivity index (χ0) is 9.84. The molecular formula is C9H9BO3. The van der Waals surface area contributed by atoms with E-state index in [4.69, 9.17) is 20.9 Å². The van der Waals surface area contributed by atoms with Crippen LogP contribution in [0.5, 0.6) is 0 Å². The van der Waals surface area contributed by atoms with Crippen LogP contribution < -0.4 is 16.3 Å². The summed E-state index contributed by atoms with van der Waals surface area (Å²) in [5.74, 6) is 2.34. The van der Waals surface area contributed by atoms with E-state index in [1.54, 1.807) is 13.0 Å². The number of rotatable bonds is 1. The summed E-state index contributed by atoms with van der Waals surface area (Å²) >= 11 is 0. The molecule has 66 valence electrons. The molecule has 1 heterocycles. The summed E-state index contributed by atoms with van der Waals surface area (Å²) in [5.41, 5.74) is 0.635. The fourth-order valence-corrected chi connectivity index (χ4v) is 0.995. The van der Waals surface area contributed by atoms with E-state index in [0.717, 1.165) is 0 Å². The quantitative estimate of drug-likeness (QED) is 0.391. The molecule has 0 aliphatic rings. The molecule has 0 saturated heterocycles. The van der Waals surface area contributed by atoms with Crippen molar-refractivity contribution in [2.24, 2.45) is 0 Å². The molecule has 0 spiro atoms. The van der Waals surface area contributed by atoms with Gasteiger partial charge in [-0.2, -0.15) is 0 Å². The van der Waals surface area contributed by atoms with E-state index in [-0.39, 0.29) is 5.66 Å². The number of furan rings is 1. The molecule has 13 heavy (non-hydrogen) atoms. The zero-order valence-electron chi connectivity index (χ0n) is 7.19. The summed E-state index contributed by atoms with van der Waals surface area (Å²) < 4.78 is 5.10. The summed E-state index contributed by atoms with van der Waals surface area (Å²) in [4.78, 5) is 0. The Morgan fingerprint density at radius 2 is 2.31 bits per heavy atom. The molecule has 0 amide bonds. The number of hydrogen-bond donors (Lipinski definition) is 2. The Kier molecular flexibility index (Phi) is 2.96. The second-order valence-corrected chi connectivity index (χ2v) is 2.44. The fourth-order valence-electron chi connectivity index (χ4n) is 0.995. The summed E-state index contributed by atoms with van der Waals surface area (Å²) in [7, 11) is -1.60. The van der Waals surface area contributed by atoms with Crippen molar-refractivity contribution in [3.05, 3.63) is 16.7 Å². The van der Waals surface area contributed by atoms with Gasteiger partial charge in [-0.25, -0.2) is 0 Å². The minimum Gasteiger partial charge on any atom is -0.465 e. The molecule has 1 rings (SSSR count). The van der Waals surface area contributed by atoms with Crippen LogP contribution in [-0.4, -0.2) is 17.2 Å². The molecule has 4 heteroatoms. The lowest BCUT2D eigenvalue weighted by molar-refractivity contribution is 0.406.